The molecule has 1 amide bonds. The normalized spacial score (nSPS) is 22.4. The summed E-state index contributed by atoms with van der Waals surface area (Å²) >= 11 is 6.96. The fourth-order valence-corrected chi connectivity index (χ4v) is 5.55. The Morgan fingerprint density at radius 2 is 1.64 bits per heavy atom. The molecule has 3 atom stereocenters. The maximum atomic E-state index is 12.2. The topological polar surface area (TPSA) is 53.2 Å². The Morgan fingerprint density at radius 3 is 2.21 bits per heavy atom. The molecule has 3 unspecified atom stereocenters. The number of thiocarbonyl (C=S) groups is 1. The molecule has 0 aliphatic heterocycles. The van der Waals surface area contributed by atoms with Crippen molar-refractivity contribution in [1.29, 1.82) is 0 Å². The Kier molecular flexibility index (Phi) is 6.71. The number of fused-ring (bicyclic) bond motifs is 2. The van der Waals surface area contributed by atoms with Crippen LogP contribution in [-0.4, -0.2) is 22.8 Å². The van der Waals surface area contributed by atoms with Crippen LogP contribution in [0, 0.1) is 46.5 Å². The Hall–Kier alpha value is -1.53. The van der Waals surface area contributed by atoms with Crippen molar-refractivity contribution in [2.24, 2.45) is 11.8 Å². The summed E-state index contributed by atoms with van der Waals surface area (Å²) in [4.78, 5) is 12.2. The van der Waals surface area contributed by atoms with Gasteiger partial charge in [0.15, 0.2) is 5.11 Å². The van der Waals surface area contributed by atoms with Crippen LogP contribution in [0.15, 0.2) is 12.2 Å². The molecule has 2 aliphatic carbocycles. The van der Waals surface area contributed by atoms with Crippen molar-refractivity contribution >= 4 is 35.0 Å². The van der Waals surface area contributed by atoms with Gasteiger partial charge in [-0.2, -0.15) is 0 Å². The van der Waals surface area contributed by atoms with Gasteiger partial charge in [0.1, 0.15) is 0 Å². The minimum Gasteiger partial charge on any atom is -0.358 e. The predicted octanol–water partition coefficient (Wildman–Crippen LogP) is 3.92. The number of carbonyl (C=O) groups excluding carboxylic acids is 1. The molecule has 0 spiro atoms. The molecule has 1 saturated carbocycles. The van der Waals surface area contributed by atoms with Gasteiger partial charge in [0.05, 0.1) is 5.75 Å². The summed E-state index contributed by atoms with van der Waals surface area (Å²) in [6, 6.07) is 0.389. The van der Waals surface area contributed by atoms with Crippen LogP contribution in [0.1, 0.15) is 46.2 Å². The molecule has 6 heteroatoms. The molecule has 152 valence electrons. The minimum absolute atomic E-state index is 0.0575. The SMILES string of the molecule is Cc1c(C)c(C)c(CSCC(=O)NNC(=S)NC2CC3C=CC2C3)c(C)c1C. The summed E-state index contributed by atoms with van der Waals surface area (Å²) in [7, 11) is 0. The quantitative estimate of drug-likeness (QED) is 0.385. The second-order valence-electron chi connectivity index (χ2n) is 8.13. The van der Waals surface area contributed by atoms with Gasteiger partial charge in [-0.1, -0.05) is 12.2 Å². The van der Waals surface area contributed by atoms with Crippen LogP contribution in [0.25, 0.3) is 0 Å². The minimum atomic E-state index is -0.0575. The van der Waals surface area contributed by atoms with Gasteiger partial charge in [0.25, 0.3) is 0 Å². The molecule has 3 rings (SSSR count). The number of nitrogens with one attached hydrogen (secondary N) is 3. The second-order valence-corrected chi connectivity index (χ2v) is 9.52. The molecule has 1 fully saturated rings. The molecule has 28 heavy (non-hydrogen) atoms. The van der Waals surface area contributed by atoms with Gasteiger partial charge in [-0.15, -0.1) is 11.8 Å². The lowest BCUT2D eigenvalue weighted by molar-refractivity contribution is -0.119. The average molecular weight is 418 g/mol. The molecule has 1 aromatic carbocycles. The van der Waals surface area contributed by atoms with Gasteiger partial charge < -0.3 is 5.32 Å². The van der Waals surface area contributed by atoms with Crippen LogP contribution < -0.4 is 16.2 Å². The molecule has 1 aromatic rings. The van der Waals surface area contributed by atoms with E-state index in [0.29, 0.717) is 28.7 Å². The Bertz CT molecular complexity index is 789. The van der Waals surface area contributed by atoms with Gasteiger partial charge in [0, 0.05) is 11.8 Å². The first kappa shape index (κ1) is 21.2. The van der Waals surface area contributed by atoms with Gasteiger partial charge in [0.2, 0.25) is 5.91 Å². The summed E-state index contributed by atoms with van der Waals surface area (Å²) in [6.07, 6.45) is 6.93. The summed E-state index contributed by atoms with van der Waals surface area (Å²) in [5.41, 5.74) is 13.7. The van der Waals surface area contributed by atoms with E-state index >= 15 is 0 Å². The largest absolute Gasteiger partial charge is 0.358 e. The molecule has 0 saturated heterocycles. The molecule has 0 heterocycles. The molecular formula is C22H31N3OS2. The number of rotatable bonds is 5. The molecule has 2 aliphatic rings. The third-order valence-corrected chi connectivity index (χ3v) is 7.72. The van der Waals surface area contributed by atoms with Crippen molar-refractivity contribution in [2.45, 2.75) is 59.3 Å². The lowest BCUT2D eigenvalue weighted by Gasteiger charge is -2.22. The average Bonchev–Trinajstić information content (AvgIpc) is 3.29. The highest BCUT2D eigenvalue weighted by molar-refractivity contribution is 7.99. The van der Waals surface area contributed by atoms with Crippen LogP contribution in [-0.2, 0) is 10.5 Å². The van der Waals surface area contributed by atoms with Crippen LogP contribution >= 0.6 is 24.0 Å². The number of amides is 1. The van der Waals surface area contributed by atoms with Crippen molar-refractivity contribution in [1.82, 2.24) is 16.2 Å². The molecular weight excluding hydrogens is 386 g/mol. The number of hydrogen-bond donors (Lipinski definition) is 3. The van der Waals surface area contributed by atoms with E-state index in [1.54, 1.807) is 11.8 Å². The van der Waals surface area contributed by atoms with Crippen molar-refractivity contribution in [3.63, 3.8) is 0 Å². The summed E-state index contributed by atoms with van der Waals surface area (Å²) in [5.74, 6) is 2.45. The van der Waals surface area contributed by atoms with Gasteiger partial charge in [-0.3, -0.25) is 15.6 Å². The van der Waals surface area contributed by atoms with E-state index in [1.165, 1.54) is 39.8 Å². The van der Waals surface area contributed by atoms with Crippen LogP contribution in [0.5, 0.6) is 0 Å². The second kappa shape index (κ2) is 8.87. The Labute approximate surface area is 178 Å². The summed E-state index contributed by atoms with van der Waals surface area (Å²) in [6.45, 7) is 10.9. The zero-order chi connectivity index (χ0) is 20.4. The van der Waals surface area contributed by atoms with E-state index < -0.39 is 0 Å². The molecule has 2 bridgehead atoms. The van der Waals surface area contributed by atoms with Crippen molar-refractivity contribution in [3.8, 4) is 0 Å². The molecule has 4 nitrogen and oxygen atoms in total. The number of hydrazine groups is 1. The molecule has 0 aromatic heterocycles. The van der Waals surface area contributed by atoms with Crippen molar-refractivity contribution in [3.05, 3.63) is 45.5 Å². The van der Waals surface area contributed by atoms with E-state index in [2.05, 4.69) is 62.9 Å². The monoisotopic (exact) mass is 417 g/mol. The maximum absolute atomic E-state index is 12.2. The predicted molar refractivity (Wildman–Crippen MR) is 122 cm³/mol. The highest BCUT2D eigenvalue weighted by atomic mass is 32.2. The molecule has 0 radical (unpaired) electrons. The number of carbonyl (C=O) groups is 1. The van der Waals surface area contributed by atoms with Gasteiger partial charge in [-0.05, 0) is 105 Å². The van der Waals surface area contributed by atoms with E-state index in [4.69, 9.17) is 12.2 Å². The summed E-state index contributed by atoms with van der Waals surface area (Å²) < 4.78 is 0. The Morgan fingerprint density at radius 1 is 1.00 bits per heavy atom. The smallest absolute Gasteiger partial charge is 0.248 e. The summed E-state index contributed by atoms with van der Waals surface area (Å²) in [5, 5.41) is 3.83. The van der Waals surface area contributed by atoms with E-state index in [0.717, 1.165) is 12.2 Å². The lowest BCUT2D eigenvalue weighted by atomic mass is 9.90. The van der Waals surface area contributed by atoms with Gasteiger partial charge >= 0.3 is 0 Å². The molecule has 3 N–H and O–H groups in total. The lowest BCUT2D eigenvalue weighted by Crippen LogP contribution is -2.50. The zero-order valence-corrected chi connectivity index (χ0v) is 19.1. The number of allylic oxidation sites excluding steroid dienone is 1. The Balaban J connectivity index is 1.41. The number of hydrogen-bond acceptors (Lipinski definition) is 3. The van der Waals surface area contributed by atoms with Gasteiger partial charge in [-0.25, -0.2) is 0 Å². The van der Waals surface area contributed by atoms with Crippen LogP contribution in [0.2, 0.25) is 0 Å². The highest BCUT2D eigenvalue weighted by Gasteiger charge is 2.35. The highest BCUT2D eigenvalue weighted by Crippen LogP contribution is 2.38. The first-order valence-corrected chi connectivity index (χ1v) is 11.5. The number of benzene rings is 1. The van der Waals surface area contributed by atoms with Crippen LogP contribution in [0.4, 0.5) is 0 Å². The first-order chi connectivity index (χ1) is 13.3. The zero-order valence-electron chi connectivity index (χ0n) is 17.4. The van der Waals surface area contributed by atoms with Crippen molar-refractivity contribution < 1.29 is 4.79 Å². The standard InChI is InChI=1S/C22H31N3OS2/c1-12-13(2)15(4)19(16(5)14(12)3)10-28-11-21(26)24-25-22(27)23-20-9-17-6-7-18(20)8-17/h6-7,17-18,20H,8-11H2,1-5H3,(H,24,26)(H2,23,25,27). The third kappa shape index (κ3) is 4.54. The fraction of sp³-hybridized carbons (Fsp3) is 0.545. The number of thioether (sulfide) groups is 1. The maximum Gasteiger partial charge on any atom is 0.248 e. The van der Waals surface area contributed by atoms with E-state index in [1.807, 2.05) is 0 Å². The fourth-order valence-electron chi connectivity index (χ4n) is 4.35. The van der Waals surface area contributed by atoms with Crippen molar-refractivity contribution in [2.75, 3.05) is 5.75 Å². The first-order valence-electron chi connectivity index (χ1n) is 9.95. The van der Waals surface area contributed by atoms with E-state index in [9.17, 15) is 4.79 Å². The third-order valence-electron chi connectivity index (χ3n) is 6.55. The van der Waals surface area contributed by atoms with Crippen LogP contribution in [0.3, 0.4) is 0 Å². The van der Waals surface area contributed by atoms with E-state index in [-0.39, 0.29) is 5.91 Å².